The molecule has 1 fully saturated rings. The van der Waals surface area contributed by atoms with Crippen LogP contribution in [0.25, 0.3) is 0 Å². The molecule has 0 bridgehead atoms. The van der Waals surface area contributed by atoms with Crippen molar-refractivity contribution in [1.82, 2.24) is 5.32 Å². The topological polar surface area (TPSA) is 29.1 Å². The second-order valence-corrected chi connectivity index (χ2v) is 7.24. The highest BCUT2D eigenvalue weighted by atomic mass is 127. The van der Waals surface area contributed by atoms with E-state index in [4.69, 9.17) is 0 Å². The first-order valence-corrected chi connectivity index (χ1v) is 8.45. The molecule has 18 heavy (non-hydrogen) atoms. The second kappa shape index (κ2) is 6.17. The first-order chi connectivity index (χ1) is 8.59. The lowest BCUT2D eigenvalue weighted by Crippen LogP contribution is -2.33. The summed E-state index contributed by atoms with van der Waals surface area (Å²) in [6, 6.07) is 6.04. The maximum absolute atomic E-state index is 12.8. The van der Waals surface area contributed by atoms with Crippen LogP contribution < -0.4 is 5.32 Å². The van der Waals surface area contributed by atoms with Gasteiger partial charge in [0.05, 0.1) is 0 Å². The molecule has 4 heteroatoms. The van der Waals surface area contributed by atoms with Crippen molar-refractivity contribution in [3.8, 4) is 0 Å². The second-order valence-electron chi connectivity index (χ2n) is 4.92. The number of hydrogen-bond donors (Lipinski definition) is 1. The van der Waals surface area contributed by atoms with Crippen LogP contribution in [0.1, 0.15) is 36.5 Å². The Balaban J connectivity index is 2.30. The summed E-state index contributed by atoms with van der Waals surface area (Å²) in [6.07, 6.45) is 3.03. The molecule has 1 saturated heterocycles. The van der Waals surface area contributed by atoms with Gasteiger partial charge in [-0.1, -0.05) is 19.4 Å². The smallest absolute Gasteiger partial charge is 0.170 e. The van der Waals surface area contributed by atoms with Gasteiger partial charge in [0.15, 0.2) is 5.78 Å². The molecule has 0 saturated carbocycles. The molecule has 2 nitrogen and oxygen atoms in total. The van der Waals surface area contributed by atoms with E-state index in [0.29, 0.717) is 5.78 Å². The molecule has 2 rings (SSSR count). The Morgan fingerprint density at radius 1 is 1.39 bits per heavy atom. The van der Waals surface area contributed by atoms with E-state index in [1.807, 2.05) is 18.2 Å². The average Bonchev–Trinajstić information content (AvgIpc) is 2.82. The van der Waals surface area contributed by atoms with Crippen LogP contribution in [0.4, 0.5) is 0 Å². The van der Waals surface area contributed by atoms with Crippen LogP contribution in [-0.4, -0.2) is 18.9 Å². The summed E-state index contributed by atoms with van der Waals surface area (Å²) in [5.74, 6) is 0.323. The third-order valence-corrected chi connectivity index (χ3v) is 6.50. The Morgan fingerprint density at radius 3 is 2.72 bits per heavy atom. The number of hydrogen-bond acceptors (Lipinski definition) is 2. The summed E-state index contributed by atoms with van der Waals surface area (Å²) in [7, 11) is 0. The van der Waals surface area contributed by atoms with Crippen molar-refractivity contribution >= 4 is 51.0 Å². The first kappa shape index (κ1) is 14.7. The van der Waals surface area contributed by atoms with E-state index in [0.717, 1.165) is 41.5 Å². The van der Waals surface area contributed by atoms with Crippen molar-refractivity contribution in [2.75, 3.05) is 13.1 Å². The van der Waals surface area contributed by atoms with E-state index in [1.165, 1.54) is 3.57 Å². The van der Waals surface area contributed by atoms with E-state index in [2.05, 4.69) is 57.4 Å². The molecule has 0 aromatic heterocycles. The molecule has 0 amide bonds. The maximum atomic E-state index is 12.8. The van der Waals surface area contributed by atoms with Gasteiger partial charge in [-0.15, -0.1) is 0 Å². The van der Waals surface area contributed by atoms with Gasteiger partial charge < -0.3 is 5.32 Å². The third-order valence-electron chi connectivity index (χ3n) is 3.64. The number of benzene rings is 1. The van der Waals surface area contributed by atoms with Crippen molar-refractivity contribution in [2.24, 2.45) is 5.41 Å². The highest BCUT2D eigenvalue weighted by molar-refractivity contribution is 14.1. The Labute approximate surface area is 136 Å². The van der Waals surface area contributed by atoms with Crippen LogP contribution in [0, 0.1) is 12.6 Å². The first-order valence-electron chi connectivity index (χ1n) is 6.29. The summed E-state index contributed by atoms with van der Waals surface area (Å²) >= 11 is 4.60. The highest BCUT2D eigenvalue weighted by Crippen LogP contribution is 2.35. The molecule has 1 N–H and O–H groups in total. The summed E-state index contributed by atoms with van der Waals surface area (Å²) in [5, 5.41) is 3.35. The Bertz CT molecular complexity index is 453. The molecule has 98 valence electrons. The lowest BCUT2D eigenvalue weighted by molar-refractivity contribution is 0.0801. The van der Waals surface area contributed by atoms with Crippen molar-refractivity contribution in [2.45, 2.75) is 26.2 Å². The van der Waals surface area contributed by atoms with Crippen LogP contribution in [-0.2, 0) is 0 Å². The summed E-state index contributed by atoms with van der Waals surface area (Å²) in [5.41, 5.74) is 0.710. The number of ketones is 1. The molecule has 1 aromatic carbocycles. The van der Waals surface area contributed by atoms with Crippen molar-refractivity contribution in [1.29, 1.82) is 0 Å². The Kier molecular flexibility index (Phi) is 5.05. The minimum absolute atomic E-state index is 0.162. The highest BCUT2D eigenvalue weighted by Gasteiger charge is 2.40. The van der Waals surface area contributed by atoms with E-state index in [-0.39, 0.29) is 5.41 Å². The standard InChI is InChI=1S/C14H17I2NO/c1-2-5-14(6-7-17-9-14)13(18)10-3-4-11(15)12(16)8-10/h3-4,8,17H,2,5-7,9H2,1H3/t14-/m0/s1. The molecule has 0 unspecified atom stereocenters. The number of carbonyl (C=O) groups excluding carboxylic acids is 1. The summed E-state index contributed by atoms with van der Waals surface area (Å²) in [4.78, 5) is 12.8. The van der Waals surface area contributed by atoms with E-state index in [1.54, 1.807) is 0 Å². The van der Waals surface area contributed by atoms with Gasteiger partial charge in [0.25, 0.3) is 0 Å². The van der Waals surface area contributed by atoms with E-state index in [9.17, 15) is 4.79 Å². The molecule has 1 aromatic rings. The molecule has 1 atom stereocenters. The minimum Gasteiger partial charge on any atom is -0.316 e. The van der Waals surface area contributed by atoms with Gasteiger partial charge >= 0.3 is 0 Å². The van der Waals surface area contributed by atoms with Crippen LogP contribution in [0.15, 0.2) is 18.2 Å². The predicted molar refractivity (Wildman–Crippen MR) is 91.0 cm³/mol. The zero-order valence-corrected chi connectivity index (χ0v) is 14.7. The van der Waals surface area contributed by atoms with Gasteiger partial charge in [-0.3, -0.25) is 4.79 Å². The van der Waals surface area contributed by atoms with Crippen molar-refractivity contribution in [3.05, 3.63) is 30.9 Å². The molecular weight excluding hydrogens is 452 g/mol. The molecule has 0 spiro atoms. The molecule has 1 aliphatic heterocycles. The minimum atomic E-state index is -0.162. The lowest BCUT2D eigenvalue weighted by Gasteiger charge is -2.26. The van der Waals surface area contributed by atoms with Gasteiger partial charge in [-0.25, -0.2) is 0 Å². The fourth-order valence-corrected chi connectivity index (χ4v) is 3.54. The summed E-state index contributed by atoms with van der Waals surface area (Å²) in [6.45, 7) is 3.96. The monoisotopic (exact) mass is 469 g/mol. The van der Waals surface area contributed by atoms with Gasteiger partial charge in [0.1, 0.15) is 0 Å². The van der Waals surface area contributed by atoms with Gasteiger partial charge in [0, 0.05) is 24.7 Å². The zero-order valence-electron chi connectivity index (χ0n) is 10.4. The maximum Gasteiger partial charge on any atom is 0.170 e. The lowest BCUT2D eigenvalue weighted by atomic mass is 9.76. The van der Waals surface area contributed by atoms with Gasteiger partial charge in [-0.05, 0) is 76.7 Å². The van der Waals surface area contributed by atoms with Crippen LogP contribution in [0.5, 0.6) is 0 Å². The number of rotatable bonds is 4. The van der Waals surface area contributed by atoms with Gasteiger partial charge in [0.2, 0.25) is 0 Å². The van der Waals surface area contributed by atoms with E-state index >= 15 is 0 Å². The average molecular weight is 469 g/mol. The molecule has 1 aliphatic rings. The Morgan fingerprint density at radius 2 is 2.17 bits per heavy atom. The zero-order chi connectivity index (χ0) is 13.2. The van der Waals surface area contributed by atoms with E-state index < -0.39 is 0 Å². The molecular formula is C14H17I2NO. The van der Waals surface area contributed by atoms with Crippen molar-refractivity contribution < 1.29 is 4.79 Å². The largest absolute Gasteiger partial charge is 0.316 e. The molecule has 0 aliphatic carbocycles. The van der Waals surface area contributed by atoms with Crippen LogP contribution in [0.2, 0.25) is 0 Å². The SMILES string of the molecule is CCC[C@]1(C(=O)c2ccc(I)c(I)c2)CCNC1. The molecule has 0 radical (unpaired) electrons. The normalized spacial score (nSPS) is 23.3. The van der Waals surface area contributed by atoms with Gasteiger partial charge in [-0.2, -0.15) is 0 Å². The predicted octanol–water partition coefficient (Wildman–Crippen LogP) is 3.86. The summed E-state index contributed by atoms with van der Waals surface area (Å²) < 4.78 is 2.37. The van der Waals surface area contributed by atoms with Crippen LogP contribution in [0.3, 0.4) is 0 Å². The number of carbonyl (C=O) groups is 1. The van der Waals surface area contributed by atoms with Crippen LogP contribution >= 0.6 is 45.2 Å². The fourth-order valence-electron chi connectivity index (χ4n) is 2.69. The Hall–Kier alpha value is 0.310. The molecule has 1 heterocycles. The number of halogens is 2. The van der Waals surface area contributed by atoms with Crippen molar-refractivity contribution in [3.63, 3.8) is 0 Å². The third kappa shape index (κ3) is 2.90. The fraction of sp³-hybridized carbons (Fsp3) is 0.500. The quantitative estimate of drug-likeness (QED) is 0.537. The number of Topliss-reactive ketones (excluding diaryl/α,β-unsaturated/α-hetero) is 1. The number of nitrogens with one attached hydrogen (secondary N) is 1.